The van der Waals surface area contributed by atoms with Crippen molar-refractivity contribution in [3.05, 3.63) is 84.4 Å². The molecule has 0 aromatic heterocycles. The zero-order valence-corrected chi connectivity index (χ0v) is 19.9. The molecule has 3 aromatic rings. The number of ether oxygens (including phenoxy) is 2. The number of carbonyl (C=O) groups is 2. The SMILES string of the molecule is COc1ccc(CCC2(C)NC(=O)N(CC(O)COc3ccc(-c4ccccc4)cc3)C2=O)cc1. The summed E-state index contributed by atoms with van der Waals surface area (Å²) in [5.74, 6) is 1.02. The lowest BCUT2D eigenvalue weighted by atomic mass is 9.93. The molecule has 0 saturated carbocycles. The smallest absolute Gasteiger partial charge is 0.325 e. The molecule has 2 N–H and O–H groups in total. The predicted octanol–water partition coefficient (Wildman–Crippen LogP) is 4.05. The average Bonchev–Trinajstić information content (AvgIpc) is 3.10. The monoisotopic (exact) mass is 474 g/mol. The van der Waals surface area contributed by atoms with Gasteiger partial charge in [0.25, 0.3) is 5.91 Å². The minimum atomic E-state index is -1.02. The maximum atomic E-state index is 13.0. The highest BCUT2D eigenvalue weighted by atomic mass is 16.5. The van der Waals surface area contributed by atoms with Crippen molar-refractivity contribution < 1.29 is 24.2 Å². The molecule has 0 spiro atoms. The molecule has 35 heavy (non-hydrogen) atoms. The number of imide groups is 1. The summed E-state index contributed by atoms with van der Waals surface area (Å²) >= 11 is 0. The number of nitrogens with one attached hydrogen (secondary N) is 1. The van der Waals surface area contributed by atoms with Crippen LogP contribution in [-0.4, -0.2) is 53.8 Å². The van der Waals surface area contributed by atoms with Gasteiger partial charge in [-0.05, 0) is 60.7 Å². The topological polar surface area (TPSA) is 88.1 Å². The number of hydrogen-bond donors (Lipinski definition) is 2. The molecule has 0 aliphatic carbocycles. The van der Waals surface area contributed by atoms with Crippen LogP contribution in [0.3, 0.4) is 0 Å². The van der Waals surface area contributed by atoms with Crippen molar-refractivity contribution in [3.63, 3.8) is 0 Å². The first-order chi connectivity index (χ1) is 16.9. The second-order valence-electron chi connectivity index (χ2n) is 8.88. The molecular weight excluding hydrogens is 444 g/mol. The summed E-state index contributed by atoms with van der Waals surface area (Å²) in [5.41, 5.74) is 2.18. The van der Waals surface area contributed by atoms with Gasteiger partial charge in [-0.1, -0.05) is 54.6 Å². The van der Waals surface area contributed by atoms with Crippen molar-refractivity contribution >= 4 is 11.9 Å². The van der Waals surface area contributed by atoms with Gasteiger partial charge in [0.15, 0.2) is 0 Å². The summed E-state index contributed by atoms with van der Waals surface area (Å²) in [6.07, 6.45) is 0.0496. The number of methoxy groups -OCH3 is 1. The van der Waals surface area contributed by atoms with Crippen LogP contribution in [0.1, 0.15) is 18.9 Å². The van der Waals surface area contributed by atoms with Gasteiger partial charge in [0, 0.05) is 0 Å². The molecule has 3 amide bonds. The molecule has 1 fully saturated rings. The van der Waals surface area contributed by atoms with Crippen molar-refractivity contribution in [1.29, 1.82) is 0 Å². The third-order valence-electron chi connectivity index (χ3n) is 6.22. The highest BCUT2D eigenvalue weighted by Crippen LogP contribution is 2.25. The Kier molecular flexibility index (Phi) is 7.36. The minimum absolute atomic E-state index is 0.0374. The number of carbonyl (C=O) groups excluding carboxylic acids is 2. The molecule has 1 saturated heterocycles. The number of urea groups is 1. The van der Waals surface area contributed by atoms with E-state index in [9.17, 15) is 14.7 Å². The van der Waals surface area contributed by atoms with Gasteiger partial charge in [-0.25, -0.2) is 4.79 Å². The van der Waals surface area contributed by atoms with Crippen molar-refractivity contribution in [1.82, 2.24) is 10.2 Å². The van der Waals surface area contributed by atoms with Crippen molar-refractivity contribution in [3.8, 4) is 22.6 Å². The van der Waals surface area contributed by atoms with Gasteiger partial charge < -0.3 is 19.9 Å². The molecule has 3 aromatic carbocycles. The number of aryl methyl sites for hydroxylation is 1. The predicted molar refractivity (Wildman–Crippen MR) is 133 cm³/mol. The van der Waals surface area contributed by atoms with Crippen LogP contribution in [0.15, 0.2) is 78.9 Å². The zero-order valence-electron chi connectivity index (χ0n) is 19.9. The van der Waals surface area contributed by atoms with E-state index in [0.29, 0.717) is 18.6 Å². The fourth-order valence-corrected chi connectivity index (χ4v) is 4.10. The van der Waals surface area contributed by atoms with Crippen LogP contribution in [0.4, 0.5) is 4.79 Å². The van der Waals surface area contributed by atoms with Crippen LogP contribution in [0, 0.1) is 0 Å². The van der Waals surface area contributed by atoms with Crippen LogP contribution in [0.5, 0.6) is 11.5 Å². The average molecular weight is 475 g/mol. The Morgan fingerprint density at radius 2 is 1.54 bits per heavy atom. The Balaban J connectivity index is 1.28. The molecule has 1 aliphatic heterocycles. The zero-order chi connectivity index (χ0) is 24.8. The largest absolute Gasteiger partial charge is 0.497 e. The Labute approximate surface area is 205 Å². The number of β-amino-alcohol motifs (C(OH)–C–C–N with tert-alkyl or cyclic N) is 1. The Morgan fingerprint density at radius 3 is 2.20 bits per heavy atom. The van der Waals surface area contributed by atoms with Crippen molar-refractivity contribution in [2.24, 2.45) is 0 Å². The number of rotatable bonds is 10. The van der Waals surface area contributed by atoms with Crippen LogP contribution in [0.25, 0.3) is 11.1 Å². The lowest BCUT2D eigenvalue weighted by molar-refractivity contribution is -0.132. The molecule has 2 atom stereocenters. The van der Waals surface area contributed by atoms with E-state index in [2.05, 4.69) is 5.32 Å². The number of amides is 3. The summed E-state index contributed by atoms with van der Waals surface area (Å²) < 4.78 is 10.9. The molecular formula is C28H30N2O5. The maximum Gasteiger partial charge on any atom is 0.325 e. The van der Waals surface area contributed by atoms with Gasteiger partial charge in [-0.3, -0.25) is 9.69 Å². The van der Waals surface area contributed by atoms with E-state index in [4.69, 9.17) is 9.47 Å². The normalized spacial score (nSPS) is 18.3. The summed E-state index contributed by atoms with van der Waals surface area (Å²) in [6, 6.07) is 24.7. The fourth-order valence-electron chi connectivity index (χ4n) is 4.10. The molecule has 4 rings (SSSR count). The quantitative estimate of drug-likeness (QED) is 0.433. The highest BCUT2D eigenvalue weighted by Gasteiger charge is 2.47. The Hall–Kier alpha value is -3.84. The van der Waals surface area contributed by atoms with Gasteiger partial charge in [0.1, 0.15) is 29.7 Å². The van der Waals surface area contributed by atoms with Crippen LogP contribution >= 0.6 is 0 Å². The first-order valence-corrected chi connectivity index (χ1v) is 11.6. The molecule has 0 radical (unpaired) electrons. The fraction of sp³-hybridized carbons (Fsp3) is 0.286. The van der Waals surface area contributed by atoms with Gasteiger partial charge in [-0.2, -0.15) is 0 Å². The number of aliphatic hydroxyl groups excluding tert-OH is 1. The Morgan fingerprint density at radius 1 is 0.914 bits per heavy atom. The third-order valence-corrected chi connectivity index (χ3v) is 6.22. The van der Waals surface area contributed by atoms with Crippen LogP contribution in [0.2, 0.25) is 0 Å². The number of nitrogens with zero attached hydrogens (tertiary/aromatic N) is 1. The lowest BCUT2D eigenvalue weighted by Gasteiger charge is -2.22. The first-order valence-electron chi connectivity index (χ1n) is 11.6. The van der Waals surface area contributed by atoms with Gasteiger partial charge >= 0.3 is 6.03 Å². The second-order valence-corrected chi connectivity index (χ2v) is 8.88. The molecule has 0 bridgehead atoms. The third kappa shape index (κ3) is 5.81. The molecule has 7 heteroatoms. The summed E-state index contributed by atoms with van der Waals surface area (Å²) in [5, 5.41) is 13.2. The first kappa shape index (κ1) is 24.3. The highest BCUT2D eigenvalue weighted by molar-refractivity contribution is 6.06. The van der Waals surface area contributed by atoms with E-state index in [1.54, 1.807) is 14.0 Å². The van der Waals surface area contributed by atoms with Gasteiger partial charge in [0.05, 0.1) is 13.7 Å². The number of aliphatic hydroxyl groups is 1. The molecule has 7 nitrogen and oxygen atoms in total. The molecule has 1 heterocycles. The van der Waals surface area contributed by atoms with Crippen LogP contribution in [-0.2, 0) is 11.2 Å². The van der Waals surface area contributed by atoms with Crippen LogP contribution < -0.4 is 14.8 Å². The second kappa shape index (κ2) is 10.6. The standard InChI is InChI=1S/C28H30N2O5/c1-28(17-16-20-8-12-24(34-2)13-9-20)26(32)30(27(33)29-28)18-23(31)19-35-25-14-10-22(11-15-25)21-6-4-3-5-7-21/h3-15,23,31H,16-19H2,1-2H3,(H,29,33). The maximum absolute atomic E-state index is 13.0. The lowest BCUT2D eigenvalue weighted by Crippen LogP contribution is -2.45. The molecule has 1 aliphatic rings. The number of hydrogen-bond acceptors (Lipinski definition) is 5. The summed E-state index contributed by atoms with van der Waals surface area (Å²) in [6.45, 7) is 1.54. The number of benzene rings is 3. The molecule has 182 valence electrons. The summed E-state index contributed by atoms with van der Waals surface area (Å²) in [7, 11) is 1.61. The van der Waals surface area contributed by atoms with E-state index in [0.717, 1.165) is 27.3 Å². The van der Waals surface area contributed by atoms with E-state index in [1.807, 2.05) is 78.9 Å². The van der Waals surface area contributed by atoms with E-state index >= 15 is 0 Å². The van der Waals surface area contributed by atoms with E-state index in [1.165, 1.54) is 0 Å². The summed E-state index contributed by atoms with van der Waals surface area (Å²) in [4.78, 5) is 26.6. The van der Waals surface area contributed by atoms with Gasteiger partial charge in [-0.15, -0.1) is 0 Å². The molecule has 2 unspecified atom stereocenters. The minimum Gasteiger partial charge on any atom is -0.497 e. The Bertz CT molecular complexity index is 1150. The van der Waals surface area contributed by atoms with E-state index < -0.39 is 17.7 Å². The van der Waals surface area contributed by atoms with Gasteiger partial charge in [0.2, 0.25) is 0 Å². The van der Waals surface area contributed by atoms with E-state index in [-0.39, 0.29) is 19.1 Å². The van der Waals surface area contributed by atoms with Crippen molar-refractivity contribution in [2.45, 2.75) is 31.4 Å². The van der Waals surface area contributed by atoms with Crippen molar-refractivity contribution in [2.75, 3.05) is 20.3 Å².